The lowest BCUT2D eigenvalue weighted by molar-refractivity contribution is 0.0936. The van der Waals surface area contributed by atoms with Crippen LogP contribution in [0.4, 0.5) is 5.69 Å². The Morgan fingerprint density at radius 1 is 0.808 bits per heavy atom. The first-order chi connectivity index (χ1) is 12.8. The zero-order valence-electron chi connectivity index (χ0n) is 13.8. The van der Waals surface area contributed by atoms with Crippen LogP contribution in [0.15, 0.2) is 94.4 Å². The van der Waals surface area contributed by atoms with Gasteiger partial charge in [0.15, 0.2) is 0 Å². The highest BCUT2D eigenvalue weighted by atomic mass is 16.3. The van der Waals surface area contributed by atoms with E-state index in [2.05, 4.69) is 10.9 Å². The molecule has 2 aromatic heterocycles. The van der Waals surface area contributed by atoms with Crippen LogP contribution < -0.4 is 10.9 Å². The van der Waals surface area contributed by atoms with Crippen molar-refractivity contribution in [2.75, 3.05) is 5.43 Å². The quantitative estimate of drug-likeness (QED) is 0.502. The van der Waals surface area contributed by atoms with Crippen molar-refractivity contribution in [3.8, 4) is 22.3 Å². The minimum atomic E-state index is -0.368. The molecule has 0 spiro atoms. The summed E-state index contributed by atoms with van der Waals surface area (Å²) in [5, 5.41) is 0. The summed E-state index contributed by atoms with van der Waals surface area (Å²) in [6.07, 6.45) is 4.63. The molecule has 5 nitrogen and oxygen atoms in total. The van der Waals surface area contributed by atoms with Crippen LogP contribution in [-0.2, 0) is 0 Å². The second kappa shape index (κ2) is 7.03. The Balaban J connectivity index is 1.72. The number of furan rings is 2. The van der Waals surface area contributed by atoms with E-state index >= 15 is 0 Å². The number of carbonyl (C=O) groups is 1. The monoisotopic (exact) mass is 344 g/mol. The Morgan fingerprint density at radius 2 is 1.50 bits per heavy atom. The smallest absolute Gasteiger partial charge is 0.305 e. The molecule has 26 heavy (non-hydrogen) atoms. The van der Waals surface area contributed by atoms with E-state index in [9.17, 15) is 4.79 Å². The van der Waals surface area contributed by atoms with Crippen molar-refractivity contribution in [2.24, 2.45) is 0 Å². The molecule has 4 aromatic rings. The number of rotatable bonds is 5. The van der Waals surface area contributed by atoms with Crippen LogP contribution in [-0.4, -0.2) is 5.91 Å². The Morgan fingerprint density at radius 3 is 2.15 bits per heavy atom. The summed E-state index contributed by atoms with van der Waals surface area (Å²) < 4.78 is 10.6. The van der Waals surface area contributed by atoms with Gasteiger partial charge in [-0.25, -0.2) is 0 Å². The minimum absolute atomic E-state index is 0.242. The maximum absolute atomic E-state index is 12.7. The van der Waals surface area contributed by atoms with Gasteiger partial charge in [-0.3, -0.25) is 15.6 Å². The van der Waals surface area contributed by atoms with Crippen LogP contribution >= 0.6 is 0 Å². The first kappa shape index (κ1) is 15.8. The van der Waals surface area contributed by atoms with E-state index in [1.165, 1.54) is 12.5 Å². The van der Waals surface area contributed by atoms with Crippen LogP contribution in [0.2, 0.25) is 0 Å². The van der Waals surface area contributed by atoms with Gasteiger partial charge in [-0.05, 0) is 11.1 Å². The summed E-state index contributed by atoms with van der Waals surface area (Å²) in [6, 6.07) is 21.3. The molecule has 0 unspecified atom stereocenters. The second-order valence-electron chi connectivity index (χ2n) is 5.68. The highest BCUT2D eigenvalue weighted by molar-refractivity contribution is 6.03. The fourth-order valence-electron chi connectivity index (χ4n) is 2.77. The lowest BCUT2D eigenvalue weighted by Crippen LogP contribution is -2.29. The normalized spacial score (nSPS) is 10.5. The lowest BCUT2D eigenvalue weighted by atomic mass is 9.96. The number of benzene rings is 2. The van der Waals surface area contributed by atoms with Gasteiger partial charge in [0.05, 0.1) is 18.2 Å². The van der Waals surface area contributed by atoms with Gasteiger partial charge in [-0.2, -0.15) is 0 Å². The van der Waals surface area contributed by atoms with Crippen LogP contribution in [0.3, 0.4) is 0 Å². The zero-order chi connectivity index (χ0) is 17.8. The summed E-state index contributed by atoms with van der Waals surface area (Å²) >= 11 is 0. The largest absolute Gasteiger partial charge is 0.470 e. The van der Waals surface area contributed by atoms with Crippen molar-refractivity contribution in [1.29, 1.82) is 0 Å². The van der Waals surface area contributed by atoms with E-state index in [0.717, 1.165) is 22.3 Å². The molecule has 2 N–H and O–H groups in total. The molecule has 128 valence electrons. The molecule has 2 aromatic carbocycles. The molecule has 0 aliphatic rings. The molecular weight excluding hydrogens is 328 g/mol. The highest BCUT2D eigenvalue weighted by Crippen LogP contribution is 2.36. The molecule has 0 aliphatic carbocycles. The van der Waals surface area contributed by atoms with Crippen LogP contribution in [0.5, 0.6) is 0 Å². The molecule has 0 saturated heterocycles. The summed E-state index contributed by atoms with van der Waals surface area (Å²) in [7, 11) is 0. The molecule has 0 bridgehead atoms. The fraction of sp³-hybridized carbons (Fsp3) is 0. The van der Waals surface area contributed by atoms with Gasteiger partial charge in [0, 0.05) is 17.2 Å². The standard InChI is InChI=1S/C21H16N2O3/c24-21(23-22-17-11-12-25-13-17)20-19(16-9-5-2-6-10-16)18(14-26-20)15-7-3-1-4-8-15/h1-14,22H,(H,23,24). The summed E-state index contributed by atoms with van der Waals surface area (Å²) in [4.78, 5) is 12.7. The molecule has 0 saturated carbocycles. The maximum atomic E-state index is 12.7. The van der Waals surface area contributed by atoms with Gasteiger partial charge in [-0.1, -0.05) is 60.7 Å². The van der Waals surface area contributed by atoms with Crippen molar-refractivity contribution in [3.63, 3.8) is 0 Å². The van der Waals surface area contributed by atoms with Crippen LogP contribution in [0.25, 0.3) is 22.3 Å². The van der Waals surface area contributed by atoms with E-state index in [-0.39, 0.29) is 11.7 Å². The van der Waals surface area contributed by atoms with Crippen molar-refractivity contribution < 1.29 is 13.6 Å². The van der Waals surface area contributed by atoms with Gasteiger partial charge >= 0.3 is 5.91 Å². The van der Waals surface area contributed by atoms with Gasteiger partial charge < -0.3 is 8.83 Å². The zero-order valence-corrected chi connectivity index (χ0v) is 13.8. The molecule has 0 fully saturated rings. The predicted octanol–water partition coefficient (Wildman–Crippen LogP) is 4.96. The molecule has 5 heteroatoms. The van der Waals surface area contributed by atoms with E-state index < -0.39 is 0 Å². The molecule has 1 amide bonds. The van der Waals surface area contributed by atoms with E-state index in [4.69, 9.17) is 8.83 Å². The molecule has 2 heterocycles. The highest BCUT2D eigenvalue weighted by Gasteiger charge is 2.22. The first-order valence-corrected chi connectivity index (χ1v) is 8.14. The Kier molecular flexibility index (Phi) is 4.26. The SMILES string of the molecule is O=C(NNc1ccoc1)c1occ(-c2ccccc2)c1-c1ccccc1. The number of anilines is 1. The predicted molar refractivity (Wildman–Crippen MR) is 99.4 cm³/mol. The third kappa shape index (κ3) is 3.10. The number of carbonyl (C=O) groups excluding carboxylic acids is 1. The number of hydrogen-bond donors (Lipinski definition) is 2. The van der Waals surface area contributed by atoms with E-state index in [1.54, 1.807) is 12.3 Å². The molecular formula is C21H16N2O3. The maximum Gasteiger partial charge on any atom is 0.305 e. The average molecular weight is 344 g/mol. The van der Waals surface area contributed by atoms with Gasteiger partial charge in [0.25, 0.3) is 0 Å². The van der Waals surface area contributed by atoms with Gasteiger partial charge in [0.2, 0.25) is 5.76 Å². The second-order valence-corrected chi connectivity index (χ2v) is 5.68. The van der Waals surface area contributed by atoms with E-state index in [0.29, 0.717) is 5.69 Å². The summed E-state index contributed by atoms with van der Waals surface area (Å²) in [5.41, 5.74) is 9.59. The number of hydrogen-bond acceptors (Lipinski definition) is 4. The Hall–Kier alpha value is -3.73. The summed E-state index contributed by atoms with van der Waals surface area (Å²) in [5.74, 6) is -0.127. The van der Waals surface area contributed by atoms with E-state index in [1.807, 2.05) is 60.7 Å². The van der Waals surface area contributed by atoms with Gasteiger partial charge in [0.1, 0.15) is 6.26 Å². The van der Waals surface area contributed by atoms with Crippen molar-refractivity contribution in [2.45, 2.75) is 0 Å². The molecule has 0 atom stereocenters. The molecule has 0 radical (unpaired) electrons. The number of hydrazine groups is 1. The van der Waals surface area contributed by atoms with Crippen molar-refractivity contribution >= 4 is 11.6 Å². The average Bonchev–Trinajstić information content (AvgIpc) is 3.37. The van der Waals surface area contributed by atoms with Gasteiger partial charge in [-0.15, -0.1) is 0 Å². The summed E-state index contributed by atoms with van der Waals surface area (Å²) in [6.45, 7) is 0. The third-order valence-corrected chi connectivity index (χ3v) is 3.99. The lowest BCUT2D eigenvalue weighted by Gasteiger charge is -2.08. The molecule has 4 rings (SSSR count). The van der Waals surface area contributed by atoms with Crippen LogP contribution in [0, 0.1) is 0 Å². The third-order valence-electron chi connectivity index (χ3n) is 3.99. The number of nitrogens with one attached hydrogen (secondary N) is 2. The Bertz CT molecular complexity index is 990. The number of amides is 1. The van der Waals surface area contributed by atoms with Crippen molar-refractivity contribution in [1.82, 2.24) is 5.43 Å². The Labute approximate surface area is 150 Å². The molecule has 0 aliphatic heterocycles. The van der Waals surface area contributed by atoms with Crippen LogP contribution in [0.1, 0.15) is 10.6 Å². The van der Waals surface area contributed by atoms with Crippen molar-refractivity contribution in [3.05, 3.63) is 91.3 Å². The topological polar surface area (TPSA) is 67.4 Å². The minimum Gasteiger partial charge on any atom is -0.470 e. The fourth-order valence-corrected chi connectivity index (χ4v) is 2.77. The first-order valence-electron chi connectivity index (χ1n) is 8.14.